The average molecular weight is 699 g/mol. The van der Waals surface area contributed by atoms with Gasteiger partial charge < -0.3 is 9.80 Å². The number of benzene rings is 8. The Morgan fingerprint density at radius 1 is 0.321 bits per heavy atom. The van der Waals surface area contributed by atoms with Crippen molar-refractivity contribution in [2.75, 3.05) is 9.80 Å². The van der Waals surface area contributed by atoms with Crippen molar-refractivity contribution in [1.29, 1.82) is 0 Å². The second kappa shape index (κ2) is 14.0. The van der Waals surface area contributed by atoms with Crippen LogP contribution in [-0.4, -0.2) is 0 Å². The van der Waals surface area contributed by atoms with E-state index in [-0.39, 0.29) is 0 Å². The van der Waals surface area contributed by atoms with Gasteiger partial charge in [-0.15, -0.1) is 11.3 Å². The SMILES string of the molecule is Cc1ccccc1-c1ccc(N(c2ccc(-c3ccccc3)cc2)c2ccc3c(c2)sc2ccc(N(c4ccccc4)c4ccccc4)cc23)cc1C. The van der Waals surface area contributed by atoms with Gasteiger partial charge in [0.25, 0.3) is 0 Å². The first-order valence-corrected chi connectivity index (χ1v) is 18.9. The Labute approximate surface area is 315 Å². The molecule has 0 aliphatic heterocycles. The van der Waals surface area contributed by atoms with Gasteiger partial charge in [0.15, 0.2) is 0 Å². The highest BCUT2D eigenvalue weighted by molar-refractivity contribution is 7.25. The number of aryl methyl sites for hydroxylation is 2. The van der Waals surface area contributed by atoms with Crippen molar-refractivity contribution in [2.24, 2.45) is 0 Å². The molecule has 0 aliphatic carbocycles. The van der Waals surface area contributed by atoms with E-state index in [0.29, 0.717) is 0 Å². The number of hydrogen-bond donors (Lipinski definition) is 0. The van der Waals surface area contributed by atoms with Gasteiger partial charge in [-0.3, -0.25) is 0 Å². The molecule has 0 N–H and O–H groups in total. The molecule has 1 aromatic heterocycles. The summed E-state index contributed by atoms with van der Waals surface area (Å²) in [5.74, 6) is 0. The van der Waals surface area contributed by atoms with Crippen molar-refractivity contribution < 1.29 is 0 Å². The molecular formula is C50H38N2S. The van der Waals surface area contributed by atoms with Crippen LogP contribution in [0.2, 0.25) is 0 Å². The van der Waals surface area contributed by atoms with Gasteiger partial charge in [-0.05, 0) is 126 Å². The van der Waals surface area contributed by atoms with Crippen molar-refractivity contribution in [3.63, 3.8) is 0 Å². The molecule has 0 spiro atoms. The molecule has 254 valence electrons. The van der Waals surface area contributed by atoms with Crippen LogP contribution in [0.15, 0.2) is 194 Å². The standard InChI is InChI=1S/C50H38N2S/c1-35-14-12-13-21-45(35)46-29-26-42(32-36(46)2)52(41-24-22-38(23-25-41)37-15-6-3-7-16-37)44-27-30-47-48-33-43(28-31-49(48)53-50(47)34-44)51(39-17-8-4-9-18-39)40-19-10-5-11-20-40/h3-34H,1-2H3. The maximum atomic E-state index is 2.39. The Kier molecular flexibility index (Phi) is 8.55. The molecule has 0 fully saturated rings. The van der Waals surface area contributed by atoms with E-state index in [4.69, 9.17) is 0 Å². The summed E-state index contributed by atoms with van der Waals surface area (Å²) in [4.78, 5) is 4.73. The smallest absolute Gasteiger partial charge is 0.0476 e. The lowest BCUT2D eigenvalue weighted by molar-refractivity contribution is 1.27. The van der Waals surface area contributed by atoms with E-state index in [1.165, 1.54) is 53.6 Å². The monoisotopic (exact) mass is 698 g/mol. The van der Waals surface area contributed by atoms with Gasteiger partial charge in [0.2, 0.25) is 0 Å². The molecule has 53 heavy (non-hydrogen) atoms. The number of thiophene rings is 1. The fraction of sp³-hybridized carbons (Fsp3) is 0.0400. The van der Waals surface area contributed by atoms with Crippen LogP contribution >= 0.6 is 11.3 Å². The van der Waals surface area contributed by atoms with E-state index in [9.17, 15) is 0 Å². The minimum absolute atomic E-state index is 1.12. The number of para-hydroxylation sites is 2. The number of hydrogen-bond acceptors (Lipinski definition) is 3. The van der Waals surface area contributed by atoms with Crippen LogP contribution in [-0.2, 0) is 0 Å². The van der Waals surface area contributed by atoms with Gasteiger partial charge in [-0.1, -0.05) is 115 Å². The highest BCUT2D eigenvalue weighted by Crippen LogP contribution is 2.44. The summed E-state index contributed by atoms with van der Waals surface area (Å²) in [6.07, 6.45) is 0. The van der Waals surface area contributed by atoms with Crippen molar-refractivity contribution in [3.8, 4) is 22.3 Å². The Morgan fingerprint density at radius 2 is 0.811 bits per heavy atom. The van der Waals surface area contributed by atoms with Gasteiger partial charge >= 0.3 is 0 Å². The van der Waals surface area contributed by atoms with Crippen LogP contribution in [0.4, 0.5) is 34.1 Å². The third kappa shape index (κ3) is 6.26. The van der Waals surface area contributed by atoms with Gasteiger partial charge in [0.1, 0.15) is 0 Å². The first-order valence-electron chi connectivity index (χ1n) is 18.1. The summed E-state index contributed by atoms with van der Waals surface area (Å²) in [6, 6.07) is 70.1. The summed E-state index contributed by atoms with van der Waals surface area (Å²) in [6.45, 7) is 4.41. The zero-order valence-electron chi connectivity index (χ0n) is 29.8. The van der Waals surface area contributed by atoms with Crippen LogP contribution in [0.5, 0.6) is 0 Å². The maximum Gasteiger partial charge on any atom is 0.0476 e. The van der Waals surface area contributed by atoms with Crippen molar-refractivity contribution in [3.05, 3.63) is 205 Å². The second-order valence-corrected chi connectivity index (χ2v) is 14.6. The Hall–Kier alpha value is -6.42. The van der Waals surface area contributed by atoms with Crippen LogP contribution in [0.25, 0.3) is 42.4 Å². The summed E-state index contributed by atoms with van der Waals surface area (Å²) < 4.78 is 2.54. The minimum atomic E-state index is 1.12. The molecule has 9 aromatic rings. The van der Waals surface area contributed by atoms with Crippen molar-refractivity contribution in [2.45, 2.75) is 13.8 Å². The van der Waals surface area contributed by atoms with Gasteiger partial charge in [-0.2, -0.15) is 0 Å². The molecule has 0 radical (unpaired) electrons. The molecule has 0 saturated heterocycles. The van der Waals surface area contributed by atoms with Crippen LogP contribution in [0, 0.1) is 13.8 Å². The van der Waals surface area contributed by atoms with E-state index in [1.54, 1.807) is 0 Å². The van der Waals surface area contributed by atoms with Gasteiger partial charge in [0, 0.05) is 54.3 Å². The first-order chi connectivity index (χ1) is 26.1. The molecule has 0 amide bonds. The van der Waals surface area contributed by atoms with E-state index in [1.807, 2.05) is 11.3 Å². The van der Waals surface area contributed by atoms with E-state index in [0.717, 1.165) is 34.1 Å². The molecule has 0 saturated carbocycles. The van der Waals surface area contributed by atoms with Crippen molar-refractivity contribution in [1.82, 2.24) is 0 Å². The van der Waals surface area contributed by atoms with Crippen LogP contribution in [0.3, 0.4) is 0 Å². The predicted molar refractivity (Wildman–Crippen MR) is 229 cm³/mol. The lowest BCUT2D eigenvalue weighted by Gasteiger charge is -2.27. The minimum Gasteiger partial charge on any atom is -0.310 e. The Balaban J connectivity index is 1.15. The van der Waals surface area contributed by atoms with Gasteiger partial charge in [0.05, 0.1) is 0 Å². The zero-order chi connectivity index (χ0) is 35.7. The molecule has 0 atom stereocenters. The third-order valence-corrected chi connectivity index (χ3v) is 11.3. The second-order valence-electron chi connectivity index (χ2n) is 13.5. The fourth-order valence-corrected chi connectivity index (χ4v) is 8.60. The predicted octanol–water partition coefficient (Wildman–Crippen LogP) is 14.9. The van der Waals surface area contributed by atoms with Crippen molar-refractivity contribution >= 4 is 65.6 Å². The molecule has 2 nitrogen and oxygen atoms in total. The molecule has 3 heteroatoms. The van der Waals surface area contributed by atoms with Crippen LogP contribution in [0.1, 0.15) is 11.1 Å². The first kappa shape index (κ1) is 32.5. The van der Waals surface area contributed by atoms with E-state index >= 15 is 0 Å². The topological polar surface area (TPSA) is 6.48 Å². The zero-order valence-corrected chi connectivity index (χ0v) is 30.6. The van der Waals surface area contributed by atoms with Gasteiger partial charge in [-0.25, -0.2) is 0 Å². The summed E-state index contributed by atoms with van der Waals surface area (Å²) in [5.41, 5.74) is 14.3. The van der Waals surface area contributed by atoms with Crippen LogP contribution < -0.4 is 9.80 Å². The molecule has 0 aliphatic rings. The Bertz CT molecular complexity index is 2640. The molecule has 9 rings (SSSR count). The lowest BCUT2D eigenvalue weighted by Crippen LogP contribution is -2.10. The molecule has 8 aromatic carbocycles. The molecule has 0 bridgehead atoms. The fourth-order valence-electron chi connectivity index (χ4n) is 7.48. The normalized spacial score (nSPS) is 11.2. The summed E-state index contributed by atoms with van der Waals surface area (Å²) >= 11 is 1.85. The highest BCUT2D eigenvalue weighted by Gasteiger charge is 2.18. The number of anilines is 6. The number of nitrogens with zero attached hydrogens (tertiary/aromatic N) is 2. The van der Waals surface area contributed by atoms with E-state index < -0.39 is 0 Å². The average Bonchev–Trinajstić information content (AvgIpc) is 3.57. The third-order valence-electron chi connectivity index (χ3n) is 10.1. The molecular weight excluding hydrogens is 661 g/mol. The molecule has 1 heterocycles. The van der Waals surface area contributed by atoms with E-state index in [2.05, 4.69) is 218 Å². The molecule has 0 unspecified atom stereocenters. The number of rotatable bonds is 8. The summed E-state index contributed by atoms with van der Waals surface area (Å²) in [5, 5.41) is 2.53. The lowest BCUT2D eigenvalue weighted by atomic mass is 9.96. The highest BCUT2D eigenvalue weighted by atomic mass is 32.1. The quantitative estimate of drug-likeness (QED) is 0.156. The largest absolute Gasteiger partial charge is 0.310 e. The Morgan fingerprint density at radius 3 is 1.49 bits per heavy atom. The number of fused-ring (bicyclic) bond motifs is 3. The maximum absolute atomic E-state index is 2.39. The summed E-state index contributed by atoms with van der Waals surface area (Å²) in [7, 11) is 0.